The molecule has 2 atom stereocenters. The second-order valence-corrected chi connectivity index (χ2v) is 7.38. The molecule has 1 saturated carbocycles. The van der Waals surface area contributed by atoms with Crippen LogP contribution in [0.4, 0.5) is 5.95 Å². The Morgan fingerprint density at radius 2 is 2.00 bits per heavy atom. The van der Waals surface area contributed by atoms with Gasteiger partial charge in [-0.25, -0.2) is 4.98 Å². The number of para-hydroxylation sites is 1. The topological polar surface area (TPSA) is 57.8 Å². The van der Waals surface area contributed by atoms with Crippen LogP contribution in [0.2, 0.25) is 0 Å². The van der Waals surface area contributed by atoms with Gasteiger partial charge in [-0.15, -0.1) is 0 Å². The van der Waals surface area contributed by atoms with Gasteiger partial charge in [-0.05, 0) is 54.9 Å². The van der Waals surface area contributed by atoms with Crippen molar-refractivity contribution < 1.29 is 0 Å². The highest BCUT2D eigenvalue weighted by Gasteiger charge is 2.55. The van der Waals surface area contributed by atoms with Gasteiger partial charge in [0.2, 0.25) is 5.95 Å². The minimum atomic E-state index is -0.0818. The second kappa shape index (κ2) is 5.45. The lowest BCUT2D eigenvalue weighted by atomic mass is 9.78. The van der Waals surface area contributed by atoms with E-state index in [-0.39, 0.29) is 5.56 Å². The van der Waals surface area contributed by atoms with E-state index in [1.54, 1.807) is 11.6 Å². The maximum Gasteiger partial charge on any atom is 0.260 e. The van der Waals surface area contributed by atoms with Crippen LogP contribution in [0.3, 0.4) is 0 Å². The number of hydrogen-bond donors (Lipinski definition) is 2. The van der Waals surface area contributed by atoms with Gasteiger partial charge in [0.15, 0.2) is 0 Å². The molecule has 0 aliphatic heterocycles. The van der Waals surface area contributed by atoms with Crippen LogP contribution in [0.25, 0.3) is 10.9 Å². The fourth-order valence-corrected chi connectivity index (χ4v) is 4.63. The van der Waals surface area contributed by atoms with E-state index in [0.29, 0.717) is 22.7 Å². The normalized spacial score (nSPS) is 24.2. The van der Waals surface area contributed by atoms with E-state index >= 15 is 0 Å². The van der Waals surface area contributed by atoms with Gasteiger partial charge in [0.1, 0.15) is 0 Å². The third-order valence-electron chi connectivity index (χ3n) is 5.98. The minimum absolute atomic E-state index is 0.0818. The maximum absolute atomic E-state index is 12.2. The second-order valence-electron chi connectivity index (χ2n) is 7.38. The van der Waals surface area contributed by atoms with Crippen molar-refractivity contribution in [2.45, 2.75) is 31.1 Å². The summed E-state index contributed by atoms with van der Waals surface area (Å²) in [5, 5.41) is 4.01. The molecule has 0 radical (unpaired) electrons. The first-order valence-electron chi connectivity index (χ1n) is 9.08. The zero-order valence-electron chi connectivity index (χ0n) is 14.1. The molecule has 4 heteroatoms. The van der Waals surface area contributed by atoms with Crippen molar-refractivity contribution in [2.24, 2.45) is 5.92 Å². The highest BCUT2D eigenvalue weighted by atomic mass is 16.1. The van der Waals surface area contributed by atoms with Gasteiger partial charge in [-0.3, -0.25) is 9.78 Å². The number of aryl methyl sites for hydroxylation is 1. The monoisotopic (exact) mass is 331 g/mol. The summed E-state index contributed by atoms with van der Waals surface area (Å²) in [7, 11) is 0. The molecule has 0 saturated heterocycles. The third-order valence-corrected chi connectivity index (χ3v) is 5.98. The summed E-state index contributed by atoms with van der Waals surface area (Å²) in [6.07, 6.45) is 4.99. The van der Waals surface area contributed by atoms with Gasteiger partial charge in [0, 0.05) is 12.0 Å². The molecule has 2 aliphatic carbocycles. The SMILES string of the molecule is O=c1[nH]c(NCC2CC23CCCc2ccccc23)nc2ccccc12. The molecule has 0 bridgehead atoms. The molecule has 25 heavy (non-hydrogen) atoms. The first-order chi connectivity index (χ1) is 12.3. The van der Waals surface area contributed by atoms with Gasteiger partial charge < -0.3 is 5.32 Å². The number of aromatic nitrogens is 2. The minimum Gasteiger partial charge on any atom is -0.355 e. The molecule has 2 aromatic carbocycles. The molecule has 5 rings (SSSR count). The van der Waals surface area contributed by atoms with Crippen LogP contribution < -0.4 is 10.9 Å². The van der Waals surface area contributed by atoms with Gasteiger partial charge in [-0.2, -0.15) is 0 Å². The number of fused-ring (bicyclic) bond motifs is 3. The lowest BCUT2D eigenvalue weighted by Crippen LogP contribution is -2.22. The molecular weight excluding hydrogens is 310 g/mol. The fraction of sp³-hybridized carbons (Fsp3) is 0.333. The molecule has 1 fully saturated rings. The number of anilines is 1. The smallest absolute Gasteiger partial charge is 0.260 e. The van der Waals surface area contributed by atoms with Crippen LogP contribution in [0.5, 0.6) is 0 Å². The van der Waals surface area contributed by atoms with Crippen molar-refractivity contribution in [3.05, 3.63) is 70.0 Å². The Kier molecular flexibility index (Phi) is 3.20. The molecule has 2 unspecified atom stereocenters. The summed E-state index contributed by atoms with van der Waals surface area (Å²) < 4.78 is 0. The van der Waals surface area contributed by atoms with Crippen molar-refractivity contribution in [1.29, 1.82) is 0 Å². The number of benzene rings is 2. The molecule has 1 aromatic heterocycles. The molecule has 0 amide bonds. The molecule has 126 valence electrons. The van der Waals surface area contributed by atoms with E-state index < -0.39 is 0 Å². The van der Waals surface area contributed by atoms with Crippen LogP contribution in [0, 0.1) is 5.92 Å². The van der Waals surface area contributed by atoms with E-state index in [0.717, 1.165) is 12.1 Å². The molecule has 3 aromatic rings. The van der Waals surface area contributed by atoms with E-state index in [9.17, 15) is 4.79 Å². The van der Waals surface area contributed by atoms with Crippen LogP contribution in [-0.2, 0) is 11.8 Å². The van der Waals surface area contributed by atoms with Crippen molar-refractivity contribution in [3.63, 3.8) is 0 Å². The Labute approximate surface area is 146 Å². The summed E-state index contributed by atoms with van der Waals surface area (Å²) in [6.45, 7) is 0.857. The van der Waals surface area contributed by atoms with E-state index in [1.807, 2.05) is 18.2 Å². The largest absolute Gasteiger partial charge is 0.355 e. The standard InChI is InChI=1S/C21H21N3O/c25-19-16-8-2-4-10-18(16)23-20(24-19)22-13-15-12-21(15)11-5-7-14-6-1-3-9-17(14)21/h1-4,6,8-10,15H,5,7,11-13H2,(H2,22,23,24,25). The third kappa shape index (κ3) is 2.36. The quantitative estimate of drug-likeness (QED) is 0.770. The van der Waals surface area contributed by atoms with Crippen LogP contribution in [0.1, 0.15) is 30.4 Å². The number of H-pyrrole nitrogens is 1. The maximum atomic E-state index is 12.2. The average molecular weight is 331 g/mol. The highest BCUT2D eigenvalue weighted by molar-refractivity contribution is 5.78. The van der Waals surface area contributed by atoms with Gasteiger partial charge in [0.05, 0.1) is 10.9 Å². The Bertz CT molecular complexity index is 1010. The molecule has 1 spiro atoms. The number of rotatable bonds is 3. The summed E-state index contributed by atoms with van der Waals surface area (Å²) in [5.41, 5.74) is 4.07. The summed E-state index contributed by atoms with van der Waals surface area (Å²) in [6, 6.07) is 16.4. The Hall–Kier alpha value is -2.62. The molecular formula is C21H21N3O. The van der Waals surface area contributed by atoms with Gasteiger partial charge >= 0.3 is 0 Å². The Morgan fingerprint density at radius 1 is 1.16 bits per heavy atom. The van der Waals surface area contributed by atoms with Crippen molar-refractivity contribution >= 4 is 16.9 Å². The van der Waals surface area contributed by atoms with Gasteiger partial charge in [0.25, 0.3) is 5.56 Å². The predicted octanol–water partition coefficient (Wildman–Crippen LogP) is 3.63. The lowest BCUT2D eigenvalue weighted by molar-refractivity contribution is 0.503. The van der Waals surface area contributed by atoms with Crippen LogP contribution in [-0.4, -0.2) is 16.5 Å². The zero-order chi connectivity index (χ0) is 16.9. The summed E-state index contributed by atoms with van der Waals surface area (Å²) in [4.78, 5) is 19.6. The average Bonchev–Trinajstić information content (AvgIpc) is 3.34. The van der Waals surface area contributed by atoms with Gasteiger partial charge in [-0.1, -0.05) is 36.4 Å². The lowest BCUT2D eigenvalue weighted by Gasteiger charge is -2.26. The zero-order valence-corrected chi connectivity index (χ0v) is 14.1. The van der Waals surface area contributed by atoms with E-state index in [1.165, 1.54) is 31.2 Å². The summed E-state index contributed by atoms with van der Waals surface area (Å²) >= 11 is 0. The predicted molar refractivity (Wildman–Crippen MR) is 100 cm³/mol. The summed E-state index contributed by atoms with van der Waals surface area (Å²) in [5.74, 6) is 1.19. The number of nitrogens with one attached hydrogen (secondary N) is 2. The fourth-order valence-electron chi connectivity index (χ4n) is 4.63. The number of hydrogen-bond acceptors (Lipinski definition) is 3. The van der Waals surface area contributed by atoms with Crippen molar-refractivity contribution in [1.82, 2.24) is 9.97 Å². The van der Waals surface area contributed by atoms with Crippen LogP contribution in [0.15, 0.2) is 53.3 Å². The van der Waals surface area contributed by atoms with E-state index in [4.69, 9.17) is 0 Å². The van der Waals surface area contributed by atoms with Crippen molar-refractivity contribution in [2.75, 3.05) is 11.9 Å². The molecule has 2 aliphatic rings. The Balaban J connectivity index is 1.37. The number of nitrogens with zero attached hydrogens (tertiary/aromatic N) is 1. The first-order valence-corrected chi connectivity index (χ1v) is 9.08. The number of aromatic amines is 1. The molecule has 2 N–H and O–H groups in total. The first kappa shape index (κ1) is 14.7. The molecule has 4 nitrogen and oxygen atoms in total. The van der Waals surface area contributed by atoms with Crippen LogP contribution >= 0.6 is 0 Å². The molecule has 1 heterocycles. The highest BCUT2D eigenvalue weighted by Crippen LogP contribution is 2.60. The Morgan fingerprint density at radius 3 is 2.96 bits per heavy atom. The van der Waals surface area contributed by atoms with Crippen molar-refractivity contribution in [3.8, 4) is 0 Å². The van der Waals surface area contributed by atoms with E-state index in [2.05, 4.69) is 39.6 Å².